The fraction of sp³-hybridized carbons (Fsp3) is 0. The standard InChI is InChI=1S/C8H7FN4O3S2/c9-5-1-2-7(17-5)18(15,16)13-6-3-4(8(10)14)11-12-6/h1-3H,(H2,10,14)(H2,11,12,13). The largest absolute Gasteiger partial charge is 0.364 e. The zero-order chi connectivity index (χ0) is 13.3. The van der Waals surface area contributed by atoms with Gasteiger partial charge in [-0.15, -0.1) is 0 Å². The second kappa shape index (κ2) is 4.38. The third-order valence-electron chi connectivity index (χ3n) is 1.90. The molecule has 0 aliphatic carbocycles. The van der Waals surface area contributed by atoms with Gasteiger partial charge in [-0.2, -0.15) is 9.49 Å². The van der Waals surface area contributed by atoms with Gasteiger partial charge in [0.15, 0.2) is 10.9 Å². The Morgan fingerprint density at radius 1 is 1.50 bits per heavy atom. The molecule has 0 aromatic carbocycles. The number of H-pyrrole nitrogens is 1. The third kappa shape index (κ3) is 2.49. The number of anilines is 1. The highest BCUT2D eigenvalue weighted by atomic mass is 32.2. The van der Waals surface area contributed by atoms with Crippen LogP contribution < -0.4 is 10.5 Å². The van der Waals surface area contributed by atoms with E-state index >= 15 is 0 Å². The third-order valence-corrected chi connectivity index (χ3v) is 4.62. The summed E-state index contributed by atoms with van der Waals surface area (Å²) in [6.45, 7) is 0. The minimum atomic E-state index is -3.91. The van der Waals surface area contributed by atoms with Crippen molar-refractivity contribution in [3.63, 3.8) is 0 Å². The Morgan fingerprint density at radius 3 is 2.72 bits per heavy atom. The molecule has 7 nitrogen and oxygen atoms in total. The van der Waals surface area contributed by atoms with E-state index in [0.29, 0.717) is 11.3 Å². The van der Waals surface area contributed by atoms with Crippen LogP contribution in [0.15, 0.2) is 22.4 Å². The molecule has 0 radical (unpaired) electrons. The van der Waals surface area contributed by atoms with Gasteiger partial charge in [0.1, 0.15) is 9.90 Å². The number of carbonyl (C=O) groups is 1. The predicted octanol–water partition coefficient (Wildman–Crippen LogP) is 0.510. The number of rotatable bonds is 4. The zero-order valence-electron chi connectivity index (χ0n) is 8.68. The molecule has 0 bridgehead atoms. The molecule has 4 N–H and O–H groups in total. The van der Waals surface area contributed by atoms with Crippen LogP contribution in [0, 0.1) is 5.13 Å². The van der Waals surface area contributed by atoms with Gasteiger partial charge >= 0.3 is 0 Å². The lowest BCUT2D eigenvalue weighted by Gasteiger charge is -2.01. The van der Waals surface area contributed by atoms with E-state index in [1.165, 1.54) is 0 Å². The van der Waals surface area contributed by atoms with Crippen LogP contribution in [0.2, 0.25) is 0 Å². The lowest BCUT2D eigenvalue weighted by molar-refractivity contribution is 0.0995. The molecule has 0 unspecified atom stereocenters. The number of thiophene rings is 1. The Balaban J connectivity index is 2.25. The SMILES string of the molecule is NC(=O)c1cc(NS(=O)(=O)c2ccc(F)s2)n[nH]1. The van der Waals surface area contributed by atoms with Crippen LogP contribution in [0.5, 0.6) is 0 Å². The number of hydrogen-bond donors (Lipinski definition) is 3. The Labute approximate surface area is 105 Å². The molecular formula is C8H7FN4O3S2. The molecule has 0 aliphatic rings. The summed E-state index contributed by atoms with van der Waals surface area (Å²) in [6, 6.07) is 3.31. The van der Waals surface area contributed by atoms with Gasteiger partial charge in [0.05, 0.1) is 0 Å². The molecule has 0 spiro atoms. The molecule has 18 heavy (non-hydrogen) atoms. The number of sulfonamides is 1. The van der Waals surface area contributed by atoms with Crippen LogP contribution >= 0.6 is 11.3 Å². The van der Waals surface area contributed by atoms with Crippen LogP contribution in [0.25, 0.3) is 0 Å². The molecule has 0 saturated heterocycles. The summed E-state index contributed by atoms with van der Waals surface area (Å²) in [5.41, 5.74) is 4.93. The maximum absolute atomic E-state index is 12.7. The second-order valence-corrected chi connectivity index (χ2v) is 6.14. The van der Waals surface area contributed by atoms with Crippen molar-refractivity contribution in [2.75, 3.05) is 4.72 Å². The molecule has 0 fully saturated rings. The number of aromatic amines is 1. The van der Waals surface area contributed by atoms with Gasteiger partial charge in [-0.3, -0.25) is 14.6 Å². The number of hydrogen-bond acceptors (Lipinski definition) is 5. The molecule has 0 aliphatic heterocycles. The van der Waals surface area contributed by atoms with E-state index in [4.69, 9.17) is 5.73 Å². The van der Waals surface area contributed by atoms with Crippen LogP contribution in [-0.4, -0.2) is 24.5 Å². The summed E-state index contributed by atoms with van der Waals surface area (Å²) >= 11 is 0.480. The summed E-state index contributed by atoms with van der Waals surface area (Å²) < 4.78 is 38.2. The highest BCUT2D eigenvalue weighted by molar-refractivity contribution is 7.94. The molecule has 2 aromatic rings. The minimum absolute atomic E-state index is 0.0370. The topological polar surface area (TPSA) is 118 Å². The monoisotopic (exact) mass is 290 g/mol. The summed E-state index contributed by atoms with van der Waals surface area (Å²) in [5.74, 6) is -0.868. The summed E-state index contributed by atoms with van der Waals surface area (Å²) in [7, 11) is -3.91. The van der Waals surface area contributed by atoms with Crippen LogP contribution in [0.4, 0.5) is 10.2 Å². The maximum Gasteiger partial charge on any atom is 0.272 e. The Bertz CT molecular complexity index is 691. The Kier molecular flexibility index (Phi) is 3.05. The number of carbonyl (C=O) groups excluding carboxylic acids is 1. The molecule has 0 atom stereocenters. The van der Waals surface area contributed by atoms with Crippen molar-refractivity contribution >= 4 is 33.1 Å². The van der Waals surface area contributed by atoms with Crippen molar-refractivity contribution in [1.82, 2.24) is 10.2 Å². The first kappa shape index (κ1) is 12.5. The highest BCUT2D eigenvalue weighted by Gasteiger charge is 2.19. The first-order valence-corrected chi connectivity index (χ1v) is 6.82. The molecule has 10 heteroatoms. The average Bonchev–Trinajstić information content (AvgIpc) is 2.86. The quantitative estimate of drug-likeness (QED) is 0.760. The lowest BCUT2D eigenvalue weighted by atomic mass is 10.4. The molecule has 0 saturated carbocycles. The van der Waals surface area contributed by atoms with Gasteiger partial charge in [-0.05, 0) is 12.1 Å². The summed E-state index contributed by atoms with van der Waals surface area (Å²) in [4.78, 5) is 10.8. The number of primary amides is 1. The van der Waals surface area contributed by atoms with E-state index in [-0.39, 0.29) is 15.7 Å². The molecule has 2 rings (SSSR count). The highest BCUT2D eigenvalue weighted by Crippen LogP contribution is 2.22. The number of aromatic nitrogens is 2. The first-order valence-electron chi connectivity index (χ1n) is 4.52. The Hall–Kier alpha value is -1.94. The average molecular weight is 290 g/mol. The minimum Gasteiger partial charge on any atom is -0.364 e. The normalized spacial score (nSPS) is 11.4. The Morgan fingerprint density at radius 2 is 2.22 bits per heavy atom. The smallest absolute Gasteiger partial charge is 0.272 e. The van der Waals surface area contributed by atoms with E-state index in [0.717, 1.165) is 18.2 Å². The van der Waals surface area contributed by atoms with Crippen molar-refractivity contribution in [1.29, 1.82) is 0 Å². The van der Waals surface area contributed by atoms with Crippen LogP contribution in [0.3, 0.4) is 0 Å². The number of amides is 1. The fourth-order valence-electron chi connectivity index (χ4n) is 1.13. The molecule has 2 aromatic heterocycles. The van der Waals surface area contributed by atoms with Crippen molar-refractivity contribution in [3.05, 3.63) is 29.0 Å². The zero-order valence-corrected chi connectivity index (χ0v) is 10.3. The molecule has 2 heterocycles. The van der Waals surface area contributed by atoms with Crippen LogP contribution in [0.1, 0.15) is 10.5 Å². The van der Waals surface area contributed by atoms with E-state index < -0.39 is 21.1 Å². The van der Waals surface area contributed by atoms with Gasteiger partial charge < -0.3 is 5.73 Å². The molecule has 96 valence electrons. The molecular weight excluding hydrogens is 283 g/mol. The predicted molar refractivity (Wildman–Crippen MR) is 62.2 cm³/mol. The summed E-state index contributed by atoms with van der Waals surface area (Å²) in [5, 5.41) is 5.20. The number of nitrogens with one attached hydrogen (secondary N) is 2. The summed E-state index contributed by atoms with van der Waals surface area (Å²) in [6.07, 6.45) is 0. The fourth-order valence-corrected chi connectivity index (χ4v) is 3.13. The van der Waals surface area contributed by atoms with E-state index in [9.17, 15) is 17.6 Å². The van der Waals surface area contributed by atoms with E-state index in [1.54, 1.807) is 0 Å². The van der Waals surface area contributed by atoms with Gasteiger partial charge in [0.25, 0.3) is 15.9 Å². The van der Waals surface area contributed by atoms with Crippen molar-refractivity contribution in [3.8, 4) is 0 Å². The number of nitrogens with zero attached hydrogens (tertiary/aromatic N) is 1. The van der Waals surface area contributed by atoms with Crippen molar-refractivity contribution in [2.24, 2.45) is 5.73 Å². The van der Waals surface area contributed by atoms with Gasteiger partial charge in [-0.25, -0.2) is 8.42 Å². The van der Waals surface area contributed by atoms with Crippen LogP contribution in [-0.2, 0) is 10.0 Å². The van der Waals surface area contributed by atoms with E-state index in [2.05, 4.69) is 14.9 Å². The van der Waals surface area contributed by atoms with E-state index in [1.807, 2.05) is 0 Å². The lowest BCUT2D eigenvalue weighted by Crippen LogP contribution is -2.12. The second-order valence-electron chi connectivity index (χ2n) is 3.20. The van der Waals surface area contributed by atoms with Crippen molar-refractivity contribution in [2.45, 2.75) is 4.21 Å². The first-order chi connectivity index (χ1) is 8.38. The van der Waals surface area contributed by atoms with Gasteiger partial charge in [0, 0.05) is 6.07 Å². The maximum atomic E-state index is 12.7. The number of nitrogens with two attached hydrogens (primary N) is 1. The molecule has 1 amide bonds. The van der Waals surface area contributed by atoms with Gasteiger partial charge in [-0.1, -0.05) is 11.3 Å². The van der Waals surface area contributed by atoms with Gasteiger partial charge in [0.2, 0.25) is 0 Å². The number of halogens is 1. The van der Waals surface area contributed by atoms with Crippen molar-refractivity contribution < 1.29 is 17.6 Å².